The van der Waals surface area contributed by atoms with E-state index in [2.05, 4.69) is 9.78 Å². The summed E-state index contributed by atoms with van der Waals surface area (Å²) in [5.41, 5.74) is 0.801. The van der Waals surface area contributed by atoms with E-state index >= 15 is 0 Å². The van der Waals surface area contributed by atoms with Crippen LogP contribution in [0.5, 0.6) is 0 Å². The summed E-state index contributed by atoms with van der Waals surface area (Å²) in [6.07, 6.45) is 0. The minimum absolute atomic E-state index is 0.483. The van der Waals surface area contributed by atoms with E-state index in [0.29, 0.717) is 0 Å². The zero-order chi connectivity index (χ0) is 11.3. The molecule has 1 aromatic carbocycles. The molecule has 0 aliphatic heterocycles. The van der Waals surface area contributed by atoms with Crippen molar-refractivity contribution in [2.75, 3.05) is 0 Å². The lowest BCUT2D eigenvalue weighted by molar-refractivity contribution is -0.256. The van der Waals surface area contributed by atoms with E-state index in [4.69, 9.17) is 0 Å². The fourth-order valence-electron chi connectivity index (χ4n) is 0.900. The summed E-state index contributed by atoms with van der Waals surface area (Å²) < 4.78 is -0.483. The summed E-state index contributed by atoms with van der Waals surface area (Å²) >= 11 is 1.91. The summed E-state index contributed by atoms with van der Waals surface area (Å²) in [5.74, 6) is -1.25. The summed E-state index contributed by atoms with van der Waals surface area (Å²) in [6, 6.07) is 9.09. The second-order valence-corrected chi connectivity index (χ2v) is 4.00. The molecule has 4 nitrogen and oxygen atoms in total. The van der Waals surface area contributed by atoms with Crippen molar-refractivity contribution < 1.29 is 19.4 Å². The van der Waals surface area contributed by atoms with E-state index in [1.54, 1.807) is 12.1 Å². The van der Waals surface area contributed by atoms with Gasteiger partial charge in [0.1, 0.15) is 3.92 Å². The van der Waals surface area contributed by atoms with Crippen LogP contribution in [0.1, 0.15) is 16.4 Å². The van der Waals surface area contributed by atoms with E-state index < -0.39 is 15.9 Å². The molecular weight excluding hydrogens is 311 g/mol. The molecule has 0 amide bonds. The number of halogens is 1. The Bertz CT molecular complexity index is 350. The standard InChI is InChI=1S/C10H9IO4/c1-7(12)14-15-10(13)9(11)8-5-3-2-4-6-8/h2-6,9H,1H3. The molecule has 15 heavy (non-hydrogen) atoms. The molecule has 1 atom stereocenters. The monoisotopic (exact) mass is 320 g/mol. The van der Waals surface area contributed by atoms with Crippen LogP contribution in [0.25, 0.3) is 0 Å². The zero-order valence-electron chi connectivity index (χ0n) is 7.98. The first-order valence-corrected chi connectivity index (χ1v) is 5.44. The average molecular weight is 320 g/mol. The molecular formula is C10H9IO4. The lowest BCUT2D eigenvalue weighted by Gasteiger charge is -2.07. The molecule has 1 unspecified atom stereocenters. The van der Waals surface area contributed by atoms with Crippen LogP contribution in [0.2, 0.25) is 0 Å². The Morgan fingerprint density at radius 2 is 1.80 bits per heavy atom. The normalized spacial score (nSPS) is 11.6. The van der Waals surface area contributed by atoms with Gasteiger partial charge in [-0.05, 0) is 5.56 Å². The van der Waals surface area contributed by atoms with Gasteiger partial charge >= 0.3 is 11.9 Å². The molecule has 1 rings (SSSR count). The molecule has 0 aliphatic carbocycles. The predicted molar refractivity (Wildman–Crippen MR) is 61.1 cm³/mol. The average Bonchev–Trinajstić information content (AvgIpc) is 2.26. The molecule has 0 N–H and O–H groups in total. The fraction of sp³-hybridized carbons (Fsp3) is 0.200. The smallest absolute Gasteiger partial charge is 0.248 e. The molecule has 0 aliphatic rings. The Labute approximate surface area is 101 Å². The highest BCUT2D eigenvalue weighted by Gasteiger charge is 2.20. The van der Waals surface area contributed by atoms with Gasteiger partial charge in [-0.2, -0.15) is 0 Å². The Kier molecular flexibility index (Phi) is 4.54. The Morgan fingerprint density at radius 3 is 2.33 bits per heavy atom. The Balaban J connectivity index is 2.57. The van der Waals surface area contributed by atoms with E-state index in [-0.39, 0.29) is 0 Å². The maximum atomic E-state index is 11.3. The molecule has 0 fully saturated rings. The van der Waals surface area contributed by atoms with Crippen LogP contribution in [0.3, 0.4) is 0 Å². The molecule has 0 spiro atoms. The maximum Gasteiger partial charge on any atom is 0.372 e. The highest BCUT2D eigenvalue weighted by atomic mass is 127. The number of hydrogen-bond donors (Lipinski definition) is 0. The Hall–Kier alpha value is -1.11. The van der Waals surface area contributed by atoms with Crippen molar-refractivity contribution in [3.05, 3.63) is 35.9 Å². The number of rotatable bonds is 2. The second-order valence-electron chi connectivity index (χ2n) is 2.75. The lowest BCUT2D eigenvalue weighted by Crippen LogP contribution is -2.13. The molecule has 1 aromatic rings. The van der Waals surface area contributed by atoms with Crippen LogP contribution < -0.4 is 0 Å². The first-order valence-electron chi connectivity index (χ1n) is 4.19. The van der Waals surface area contributed by atoms with Crippen molar-refractivity contribution in [1.29, 1.82) is 0 Å². The quantitative estimate of drug-likeness (QED) is 0.363. The third-order valence-electron chi connectivity index (χ3n) is 1.54. The van der Waals surface area contributed by atoms with Gasteiger partial charge in [0, 0.05) is 6.92 Å². The molecule has 0 saturated heterocycles. The predicted octanol–water partition coefficient (Wildman–Crippen LogP) is 2.18. The third-order valence-corrected chi connectivity index (χ3v) is 2.77. The van der Waals surface area contributed by atoms with E-state index in [1.807, 2.05) is 40.8 Å². The minimum Gasteiger partial charge on any atom is -0.248 e. The van der Waals surface area contributed by atoms with Crippen LogP contribution >= 0.6 is 22.6 Å². The van der Waals surface area contributed by atoms with Crippen molar-refractivity contribution in [2.45, 2.75) is 10.8 Å². The van der Waals surface area contributed by atoms with Crippen LogP contribution in [-0.2, 0) is 19.4 Å². The number of alkyl halides is 1. The van der Waals surface area contributed by atoms with Crippen molar-refractivity contribution in [2.24, 2.45) is 0 Å². The number of carbonyl (C=O) groups excluding carboxylic acids is 2. The van der Waals surface area contributed by atoms with Gasteiger partial charge in [-0.25, -0.2) is 19.4 Å². The number of carbonyl (C=O) groups is 2. The highest BCUT2D eigenvalue weighted by Crippen LogP contribution is 2.24. The second kappa shape index (κ2) is 5.69. The van der Waals surface area contributed by atoms with Crippen molar-refractivity contribution >= 4 is 34.5 Å². The number of benzene rings is 1. The first-order chi connectivity index (χ1) is 7.11. The largest absolute Gasteiger partial charge is 0.372 e. The van der Waals surface area contributed by atoms with Crippen LogP contribution in [0, 0.1) is 0 Å². The fourth-order valence-corrected chi connectivity index (χ4v) is 1.42. The van der Waals surface area contributed by atoms with Crippen molar-refractivity contribution in [3.63, 3.8) is 0 Å². The highest BCUT2D eigenvalue weighted by molar-refractivity contribution is 14.1. The minimum atomic E-state index is -0.653. The third kappa shape index (κ3) is 3.86. The van der Waals surface area contributed by atoms with Gasteiger partial charge in [0.05, 0.1) is 0 Å². The van der Waals surface area contributed by atoms with E-state index in [9.17, 15) is 9.59 Å². The van der Waals surface area contributed by atoms with E-state index in [0.717, 1.165) is 12.5 Å². The molecule has 5 heteroatoms. The maximum absolute atomic E-state index is 11.3. The summed E-state index contributed by atoms with van der Waals surface area (Å²) in [4.78, 5) is 30.2. The van der Waals surface area contributed by atoms with Crippen LogP contribution in [-0.4, -0.2) is 11.9 Å². The molecule has 0 heterocycles. The van der Waals surface area contributed by atoms with E-state index in [1.165, 1.54) is 0 Å². The molecule has 0 saturated carbocycles. The van der Waals surface area contributed by atoms with Gasteiger partial charge in [0.15, 0.2) is 0 Å². The van der Waals surface area contributed by atoms with Gasteiger partial charge in [-0.15, -0.1) is 0 Å². The molecule has 0 bridgehead atoms. The first kappa shape index (κ1) is 12.0. The summed E-state index contributed by atoms with van der Waals surface area (Å²) in [6.45, 7) is 1.16. The SMILES string of the molecule is CC(=O)OOC(=O)C(I)c1ccccc1. The lowest BCUT2D eigenvalue weighted by atomic mass is 10.2. The molecule has 0 aromatic heterocycles. The van der Waals surface area contributed by atoms with Gasteiger partial charge in [0.2, 0.25) is 0 Å². The topological polar surface area (TPSA) is 52.6 Å². The van der Waals surface area contributed by atoms with Crippen LogP contribution in [0.4, 0.5) is 0 Å². The summed E-state index contributed by atoms with van der Waals surface area (Å²) in [5, 5.41) is 0. The summed E-state index contributed by atoms with van der Waals surface area (Å²) in [7, 11) is 0. The van der Waals surface area contributed by atoms with Crippen molar-refractivity contribution in [3.8, 4) is 0 Å². The van der Waals surface area contributed by atoms with Crippen molar-refractivity contribution in [1.82, 2.24) is 0 Å². The van der Waals surface area contributed by atoms with Gasteiger partial charge in [-0.1, -0.05) is 52.9 Å². The van der Waals surface area contributed by atoms with Gasteiger partial charge in [0.25, 0.3) is 0 Å². The van der Waals surface area contributed by atoms with Gasteiger partial charge < -0.3 is 0 Å². The molecule has 0 radical (unpaired) electrons. The van der Waals surface area contributed by atoms with Crippen LogP contribution in [0.15, 0.2) is 30.3 Å². The zero-order valence-corrected chi connectivity index (χ0v) is 10.1. The Morgan fingerprint density at radius 1 is 1.20 bits per heavy atom. The molecule has 80 valence electrons. The number of hydrogen-bond acceptors (Lipinski definition) is 4. The van der Waals surface area contributed by atoms with Gasteiger partial charge in [-0.3, -0.25) is 0 Å².